The number of rotatable bonds is 2. The number of phenols is 1. The second-order valence-corrected chi connectivity index (χ2v) is 2.91. The van der Waals surface area contributed by atoms with E-state index in [1.165, 1.54) is 0 Å². The number of hydrogen-bond donors (Lipinski definition) is 2. The largest absolute Gasteiger partial charge is 0.508 e. The highest BCUT2D eigenvalue weighted by atomic mass is 79.9. The molecule has 0 aliphatic heterocycles. The second-order valence-electron chi connectivity index (χ2n) is 2.26. The minimum absolute atomic E-state index is 0.218. The lowest BCUT2D eigenvalue weighted by molar-refractivity contribution is 0.205. The molecule has 0 amide bonds. The van der Waals surface area contributed by atoms with Gasteiger partial charge in [-0.2, -0.15) is 0 Å². The number of phenolic OH excluding ortho intramolecular Hbond substituents is 1. The van der Waals surface area contributed by atoms with Crippen molar-refractivity contribution in [1.82, 2.24) is 0 Å². The molecule has 2 nitrogen and oxygen atoms in total. The summed E-state index contributed by atoms with van der Waals surface area (Å²) in [6.45, 7) is 0. The Morgan fingerprint density at radius 1 is 1.27 bits per heavy atom. The zero-order chi connectivity index (χ0) is 8.27. The molecule has 11 heavy (non-hydrogen) atoms. The van der Waals surface area contributed by atoms with E-state index >= 15 is 0 Å². The average Bonchev–Trinajstić information content (AvgIpc) is 2.05. The lowest BCUT2D eigenvalue weighted by Gasteiger charge is -2.05. The molecule has 1 unspecified atom stereocenters. The average molecular weight is 217 g/mol. The summed E-state index contributed by atoms with van der Waals surface area (Å²) in [4.78, 5) is 0. The molecule has 0 aliphatic rings. The van der Waals surface area contributed by atoms with Crippen LogP contribution in [0.1, 0.15) is 11.7 Å². The lowest BCUT2D eigenvalue weighted by atomic mass is 10.1. The van der Waals surface area contributed by atoms with Crippen molar-refractivity contribution in [2.45, 2.75) is 6.10 Å². The van der Waals surface area contributed by atoms with E-state index in [2.05, 4.69) is 15.9 Å². The van der Waals surface area contributed by atoms with E-state index in [9.17, 15) is 5.11 Å². The van der Waals surface area contributed by atoms with E-state index in [-0.39, 0.29) is 5.75 Å². The van der Waals surface area contributed by atoms with E-state index in [4.69, 9.17) is 5.11 Å². The van der Waals surface area contributed by atoms with Crippen molar-refractivity contribution < 1.29 is 10.2 Å². The van der Waals surface area contributed by atoms with Crippen molar-refractivity contribution >= 4 is 15.9 Å². The molecule has 1 aromatic carbocycles. The smallest absolute Gasteiger partial charge is 0.115 e. The monoisotopic (exact) mass is 216 g/mol. The van der Waals surface area contributed by atoms with Gasteiger partial charge in [-0.1, -0.05) is 28.1 Å². The molecule has 2 N–H and O–H groups in total. The van der Waals surface area contributed by atoms with Crippen molar-refractivity contribution in [3.63, 3.8) is 0 Å². The molecule has 1 aromatic rings. The summed E-state index contributed by atoms with van der Waals surface area (Å²) in [6, 6.07) is 6.50. The fourth-order valence-corrected chi connectivity index (χ4v) is 1.16. The van der Waals surface area contributed by atoms with Gasteiger partial charge in [-0.25, -0.2) is 0 Å². The third-order valence-corrected chi connectivity index (χ3v) is 2.04. The van der Waals surface area contributed by atoms with Gasteiger partial charge < -0.3 is 10.2 Å². The predicted octanol–water partition coefficient (Wildman–Crippen LogP) is 1.82. The quantitative estimate of drug-likeness (QED) is 0.741. The van der Waals surface area contributed by atoms with E-state index in [0.717, 1.165) is 5.56 Å². The Hall–Kier alpha value is -0.540. The summed E-state index contributed by atoms with van der Waals surface area (Å²) in [7, 11) is 0. The van der Waals surface area contributed by atoms with Crippen molar-refractivity contribution in [2.75, 3.05) is 5.33 Å². The first kappa shape index (κ1) is 8.56. The van der Waals surface area contributed by atoms with Gasteiger partial charge in [0.25, 0.3) is 0 Å². The normalized spacial score (nSPS) is 12.9. The van der Waals surface area contributed by atoms with Gasteiger partial charge in [-0.15, -0.1) is 0 Å². The zero-order valence-corrected chi connectivity index (χ0v) is 7.45. The van der Waals surface area contributed by atoms with Gasteiger partial charge >= 0.3 is 0 Å². The van der Waals surface area contributed by atoms with Crippen LogP contribution >= 0.6 is 15.9 Å². The Labute approximate surface area is 73.6 Å². The van der Waals surface area contributed by atoms with Crippen LogP contribution in [-0.2, 0) is 0 Å². The molecule has 0 bridgehead atoms. The second kappa shape index (κ2) is 3.74. The zero-order valence-electron chi connectivity index (χ0n) is 5.87. The van der Waals surface area contributed by atoms with Crippen LogP contribution in [0.4, 0.5) is 0 Å². The molecule has 1 atom stereocenters. The van der Waals surface area contributed by atoms with E-state index in [1.54, 1.807) is 24.3 Å². The van der Waals surface area contributed by atoms with Crippen LogP contribution in [0, 0.1) is 0 Å². The highest BCUT2D eigenvalue weighted by molar-refractivity contribution is 9.09. The van der Waals surface area contributed by atoms with Crippen LogP contribution < -0.4 is 0 Å². The van der Waals surface area contributed by atoms with Gasteiger partial charge in [0.05, 0.1) is 6.10 Å². The van der Waals surface area contributed by atoms with Crippen molar-refractivity contribution in [3.8, 4) is 5.75 Å². The summed E-state index contributed by atoms with van der Waals surface area (Å²) in [5, 5.41) is 18.7. The molecule has 0 aromatic heterocycles. The van der Waals surface area contributed by atoms with Gasteiger partial charge in [0, 0.05) is 5.33 Å². The maximum absolute atomic E-state index is 9.29. The van der Waals surface area contributed by atoms with Crippen molar-refractivity contribution in [3.05, 3.63) is 29.8 Å². The molecule has 0 spiro atoms. The molecule has 0 saturated heterocycles. The van der Waals surface area contributed by atoms with Crippen molar-refractivity contribution in [1.29, 1.82) is 0 Å². The number of benzene rings is 1. The fraction of sp³-hybridized carbons (Fsp3) is 0.250. The van der Waals surface area contributed by atoms with Gasteiger partial charge in [0.15, 0.2) is 0 Å². The minimum atomic E-state index is -0.490. The van der Waals surface area contributed by atoms with Gasteiger partial charge in [0.2, 0.25) is 0 Å². The van der Waals surface area contributed by atoms with Crippen molar-refractivity contribution in [2.24, 2.45) is 0 Å². The lowest BCUT2D eigenvalue weighted by Crippen LogP contribution is -1.96. The van der Waals surface area contributed by atoms with Crippen LogP contribution in [0.15, 0.2) is 24.3 Å². The maximum atomic E-state index is 9.29. The summed E-state index contributed by atoms with van der Waals surface area (Å²) in [5.41, 5.74) is 0.805. The van der Waals surface area contributed by atoms with Gasteiger partial charge in [-0.3, -0.25) is 0 Å². The van der Waals surface area contributed by atoms with Crippen LogP contribution in [0.5, 0.6) is 5.75 Å². The summed E-state index contributed by atoms with van der Waals surface area (Å²) < 4.78 is 0. The van der Waals surface area contributed by atoms with E-state index < -0.39 is 6.10 Å². The Balaban J connectivity index is 2.81. The number of hydrogen-bond acceptors (Lipinski definition) is 2. The molecule has 3 heteroatoms. The Morgan fingerprint density at radius 3 is 2.27 bits per heavy atom. The molecule has 1 rings (SSSR count). The first-order valence-corrected chi connectivity index (χ1v) is 4.39. The minimum Gasteiger partial charge on any atom is -0.508 e. The van der Waals surface area contributed by atoms with Gasteiger partial charge in [0.1, 0.15) is 5.75 Å². The van der Waals surface area contributed by atoms with Crippen LogP contribution in [0.25, 0.3) is 0 Å². The third kappa shape index (κ3) is 2.20. The molecule has 0 radical (unpaired) electrons. The predicted molar refractivity (Wildman–Crippen MR) is 46.9 cm³/mol. The van der Waals surface area contributed by atoms with E-state index in [0.29, 0.717) is 5.33 Å². The highest BCUT2D eigenvalue weighted by Crippen LogP contribution is 2.17. The standard InChI is InChI=1S/C8H9BrO2/c9-5-8(11)6-1-3-7(10)4-2-6/h1-4,8,10-11H,5H2. The molecule has 60 valence electrons. The summed E-state index contributed by atoms with van der Waals surface area (Å²) >= 11 is 3.16. The first-order chi connectivity index (χ1) is 5.24. The molecule has 0 saturated carbocycles. The fourth-order valence-electron chi connectivity index (χ4n) is 0.786. The summed E-state index contributed by atoms with van der Waals surface area (Å²) in [5.74, 6) is 0.218. The number of alkyl halides is 1. The Bertz CT molecular complexity index is 220. The Kier molecular flexibility index (Phi) is 2.91. The SMILES string of the molecule is Oc1ccc(C(O)CBr)cc1. The topological polar surface area (TPSA) is 40.5 Å². The molecule has 0 fully saturated rings. The molecular weight excluding hydrogens is 208 g/mol. The number of halogens is 1. The molecular formula is C8H9BrO2. The van der Waals surface area contributed by atoms with Crippen LogP contribution in [-0.4, -0.2) is 15.5 Å². The van der Waals surface area contributed by atoms with Crippen LogP contribution in [0.3, 0.4) is 0 Å². The van der Waals surface area contributed by atoms with E-state index in [1.807, 2.05) is 0 Å². The number of aliphatic hydroxyl groups excluding tert-OH is 1. The number of aliphatic hydroxyl groups is 1. The van der Waals surface area contributed by atoms with Crippen LogP contribution in [0.2, 0.25) is 0 Å². The number of aromatic hydroxyl groups is 1. The summed E-state index contributed by atoms with van der Waals surface area (Å²) in [6.07, 6.45) is -0.490. The highest BCUT2D eigenvalue weighted by Gasteiger charge is 2.03. The van der Waals surface area contributed by atoms with Gasteiger partial charge in [-0.05, 0) is 17.7 Å². The Morgan fingerprint density at radius 2 is 1.82 bits per heavy atom. The maximum Gasteiger partial charge on any atom is 0.115 e. The first-order valence-electron chi connectivity index (χ1n) is 3.27. The third-order valence-electron chi connectivity index (χ3n) is 1.42. The molecule has 0 aliphatic carbocycles. The molecule has 0 heterocycles.